The van der Waals surface area contributed by atoms with Gasteiger partial charge in [0.15, 0.2) is 27.3 Å². The zero-order valence-corrected chi connectivity index (χ0v) is 20.0. The van der Waals surface area contributed by atoms with Crippen molar-refractivity contribution in [2.45, 2.75) is 11.3 Å². The summed E-state index contributed by atoms with van der Waals surface area (Å²) < 4.78 is 35.1. The van der Waals surface area contributed by atoms with Crippen molar-refractivity contribution in [3.8, 4) is 11.5 Å². The van der Waals surface area contributed by atoms with Crippen LogP contribution in [0.4, 0.5) is 0 Å². The summed E-state index contributed by atoms with van der Waals surface area (Å²) in [5, 5.41) is 6.22. The zero-order valence-electron chi connectivity index (χ0n) is 16.8. The number of sulfone groups is 1. The first-order valence-corrected chi connectivity index (χ1v) is 10.6. The van der Waals surface area contributed by atoms with Crippen molar-refractivity contribution in [2.24, 2.45) is 4.99 Å². The van der Waals surface area contributed by atoms with Crippen LogP contribution in [0.1, 0.15) is 5.56 Å². The molecule has 0 aliphatic rings. The largest absolute Gasteiger partial charge is 0.493 e. The summed E-state index contributed by atoms with van der Waals surface area (Å²) >= 11 is 0. The number of benzene rings is 2. The molecule has 7 nitrogen and oxygen atoms in total. The summed E-state index contributed by atoms with van der Waals surface area (Å²) in [6.07, 6.45) is 0.753. The van der Waals surface area contributed by atoms with Crippen LogP contribution in [0.3, 0.4) is 0 Å². The van der Waals surface area contributed by atoms with Gasteiger partial charge in [-0.3, -0.25) is 4.99 Å². The topological polar surface area (TPSA) is 89.0 Å². The van der Waals surface area contributed by atoms with Gasteiger partial charge >= 0.3 is 0 Å². The fourth-order valence-electron chi connectivity index (χ4n) is 2.63. The zero-order chi connectivity index (χ0) is 20.4. The second-order valence-corrected chi connectivity index (χ2v) is 8.11. The molecule has 0 aliphatic heterocycles. The van der Waals surface area contributed by atoms with Gasteiger partial charge in [-0.2, -0.15) is 0 Å². The summed E-state index contributed by atoms with van der Waals surface area (Å²) in [5.74, 6) is 1.93. The van der Waals surface area contributed by atoms with E-state index >= 15 is 0 Å². The highest BCUT2D eigenvalue weighted by atomic mass is 127. The van der Waals surface area contributed by atoms with Gasteiger partial charge in [0.25, 0.3) is 0 Å². The Bertz CT molecular complexity index is 890. The monoisotopic (exact) mass is 533 g/mol. The van der Waals surface area contributed by atoms with Crippen molar-refractivity contribution in [3.63, 3.8) is 0 Å². The van der Waals surface area contributed by atoms with Crippen LogP contribution in [0.15, 0.2) is 58.4 Å². The highest BCUT2D eigenvalue weighted by Gasteiger charge is 2.13. The molecule has 9 heteroatoms. The molecule has 0 radical (unpaired) electrons. The highest BCUT2D eigenvalue weighted by Crippen LogP contribution is 2.27. The smallest absolute Gasteiger partial charge is 0.191 e. The number of methoxy groups -OCH3 is 2. The lowest BCUT2D eigenvalue weighted by Crippen LogP contribution is -2.40. The molecule has 0 fully saturated rings. The molecular weight excluding hydrogens is 505 g/mol. The predicted octanol–water partition coefficient (Wildman–Crippen LogP) is 2.50. The predicted molar refractivity (Wildman–Crippen MR) is 127 cm³/mol. The van der Waals surface area contributed by atoms with Crippen LogP contribution in [0.5, 0.6) is 11.5 Å². The van der Waals surface area contributed by atoms with Gasteiger partial charge in [0.2, 0.25) is 0 Å². The van der Waals surface area contributed by atoms with Crippen molar-refractivity contribution in [2.75, 3.05) is 40.1 Å². The molecule has 0 heterocycles. The molecule has 29 heavy (non-hydrogen) atoms. The second-order valence-electron chi connectivity index (χ2n) is 6.00. The van der Waals surface area contributed by atoms with Gasteiger partial charge in [0, 0.05) is 20.1 Å². The number of hydrogen-bond donors (Lipinski definition) is 2. The molecule has 0 bridgehead atoms. The number of guanidine groups is 1. The van der Waals surface area contributed by atoms with E-state index in [1.165, 1.54) is 0 Å². The molecule has 2 aromatic carbocycles. The normalized spacial score (nSPS) is 11.3. The molecular formula is C20H28IN3O4S. The van der Waals surface area contributed by atoms with E-state index in [1.807, 2.05) is 18.2 Å². The number of ether oxygens (including phenoxy) is 2. The Morgan fingerprint density at radius 1 is 0.966 bits per heavy atom. The molecule has 0 amide bonds. The summed E-state index contributed by atoms with van der Waals surface area (Å²) in [7, 11) is 1.55. The number of halogens is 1. The lowest BCUT2D eigenvalue weighted by atomic mass is 10.1. The molecule has 0 aromatic heterocycles. The van der Waals surface area contributed by atoms with Crippen molar-refractivity contribution >= 4 is 39.8 Å². The van der Waals surface area contributed by atoms with E-state index in [2.05, 4.69) is 15.6 Å². The number of nitrogens with one attached hydrogen (secondary N) is 2. The minimum Gasteiger partial charge on any atom is -0.493 e. The third kappa shape index (κ3) is 7.73. The summed E-state index contributed by atoms with van der Waals surface area (Å²) in [6.45, 7) is 0.911. The Labute approximate surface area is 189 Å². The van der Waals surface area contributed by atoms with Gasteiger partial charge in [-0.25, -0.2) is 8.42 Å². The average molecular weight is 533 g/mol. The summed E-state index contributed by atoms with van der Waals surface area (Å²) in [5.41, 5.74) is 1.09. The molecule has 0 spiro atoms. The molecule has 0 saturated carbocycles. The van der Waals surface area contributed by atoms with E-state index in [0.717, 1.165) is 12.0 Å². The Kier molecular flexibility index (Phi) is 10.8. The third-order valence-electron chi connectivity index (χ3n) is 4.14. The van der Waals surface area contributed by atoms with Crippen LogP contribution in [0.25, 0.3) is 0 Å². The number of hydrogen-bond acceptors (Lipinski definition) is 5. The fourth-order valence-corrected chi connectivity index (χ4v) is 3.81. The molecule has 0 aliphatic carbocycles. The van der Waals surface area contributed by atoms with Gasteiger partial charge < -0.3 is 20.1 Å². The molecule has 2 rings (SSSR count). The van der Waals surface area contributed by atoms with Crippen LogP contribution < -0.4 is 20.1 Å². The first-order valence-electron chi connectivity index (χ1n) is 8.93. The molecule has 0 saturated heterocycles. The van der Waals surface area contributed by atoms with Crippen molar-refractivity contribution in [1.29, 1.82) is 0 Å². The van der Waals surface area contributed by atoms with Crippen molar-refractivity contribution in [1.82, 2.24) is 10.6 Å². The van der Waals surface area contributed by atoms with E-state index in [1.54, 1.807) is 51.6 Å². The minimum atomic E-state index is -3.31. The van der Waals surface area contributed by atoms with E-state index in [9.17, 15) is 8.42 Å². The second kappa shape index (κ2) is 12.5. The van der Waals surface area contributed by atoms with Gasteiger partial charge in [-0.1, -0.05) is 24.3 Å². The Balaban J connectivity index is 0.00000420. The van der Waals surface area contributed by atoms with Gasteiger partial charge in [0.1, 0.15) is 0 Å². The molecule has 2 N–H and O–H groups in total. The number of rotatable bonds is 9. The molecule has 2 aromatic rings. The lowest BCUT2D eigenvalue weighted by molar-refractivity contribution is 0.354. The van der Waals surface area contributed by atoms with Crippen LogP contribution in [-0.2, 0) is 16.3 Å². The Hall–Kier alpha value is -2.01. The summed E-state index contributed by atoms with van der Waals surface area (Å²) in [4.78, 5) is 4.45. The van der Waals surface area contributed by atoms with E-state index in [-0.39, 0.29) is 36.3 Å². The highest BCUT2D eigenvalue weighted by molar-refractivity contribution is 14.0. The maximum atomic E-state index is 12.3. The number of nitrogens with zero attached hydrogens (tertiary/aromatic N) is 1. The first-order chi connectivity index (χ1) is 13.5. The average Bonchev–Trinajstić information content (AvgIpc) is 2.73. The molecule has 0 atom stereocenters. The number of aliphatic imine (C=N–C) groups is 1. The van der Waals surface area contributed by atoms with Crippen LogP contribution in [0.2, 0.25) is 0 Å². The summed E-state index contributed by atoms with van der Waals surface area (Å²) in [6, 6.07) is 14.2. The standard InChI is InChI=1S/C20H27N3O4S.HI/c1-21-20(23-13-14-28(24,25)17-7-5-4-6-8-17)22-12-11-16-9-10-18(26-2)19(15-16)27-3;/h4-10,15H,11-14H2,1-3H3,(H2,21,22,23);1H. The quantitative estimate of drug-likeness (QED) is 0.293. The maximum absolute atomic E-state index is 12.3. The van der Waals surface area contributed by atoms with Gasteiger partial charge in [-0.15, -0.1) is 24.0 Å². The first kappa shape index (κ1) is 25.0. The van der Waals surface area contributed by atoms with Crippen molar-refractivity contribution in [3.05, 3.63) is 54.1 Å². The Morgan fingerprint density at radius 2 is 1.62 bits per heavy atom. The molecule has 160 valence electrons. The van der Waals surface area contributed by atoms with Crippen LogP contribution in [0, 0.1) is 0 Å². The van der Waals surface area contributed by atoms with E-state index in [4.69, 9.17) is 9.47 Å². The van der Waals surface area contributed by atoms with Crippen molar-refractivity contribution < 1.29 is 17.9 Å². The third-order valence-corrected chi connectivity index (χ3v) is 5.88. The fraction of sp³-hybridized carbons (Fsp3) is 0.350. The van der Waals surface area contributed by atoms with E-state index in [0.29, 0.717) is 28.9 Å². The van der Waals surface area contributed by atoms with Crippen LogP contribution in [-0.4, -0.2) is 54.5 Å². The van der Waals surface area contributed by atoms with Gasteiger partial charge in [-0.05, 0) is 36.2 Å². The SMILES string of the molecule is CN=C(NCCc1ccc(OC)c(OC)c1)NCCS(=O)(=O)c1ccccc1.I. The lowest BCUT2D eigenvalue weighted by Gasteiger charge is -2.13. The van der Waals surface area contributed by atoms with Crippen LogP contribution >= 0.6 is 24.0 Å². The minimum absolute atomic E-state index is 0. The maximum Gasteiger partial charge on any atom is 0.191 e. The molecule has 0 unspecified atom stereocenters. The Morgan fingerprint density at radius 3 is 2.24 bits per heavy atom. The van der Waals surface area contributed by atoms with Gasteiger partial charge in [0.05, 0.1) is 24.9 Å². The van der Waals surface area contributed by atoms with E-state index < -0.39 is 9.84 Å².